The number of hydrogen-bond donors (Lipinski definition) is 2. The van der Waals surface area contributed by atoms with E-state index in [1.807, 2.05) is 0 Å². The van der Waals surface area contributed by atoms with E-state index in [1.54, 1.807) is 0 Å². The second-order valence-electron chi connectivity index (χ2n) is 1.69. The van der Waals surface area contributed by atoms with Crippen molar-refractivity contribution in [3.63, 3.8) is 0 Å². The van der Waals surface area contributed by atoms with Crippen LogP contribution in [0.1, 0.15) is 13.8 Å². The minimum atomic E-state index is 0.0880. The molecule has 0 rings (SSSR count). The zero-order valence-corrected chi connectivity index (χ0v) is 4.58. The van der Waals surface area contributed by atoms with Gasteiger partial charge in [0.25, 0.3) is 0 Å². The molecule has 0 radical (unpaired) electrons. The summed E-state index contributed by atoms with van der Waals surface area (Å²) in [6.45, 7) is 4.36. The zero-order valence-electron chi connectivity index (χ0n) is 4.58. The van der Waals surface area contributed by atoms with Crippen molar-refractivity contribution in [3.8, 4) is 0 Å². The largest absolute Gasteiger partial charge is 0.668 e. The lowest BCUT2D eigenvalue weighted by molar-refractivity contribution is 0.749. The summed E-state index contributed by atoms with van der Waals surface area (Å²) in [5.74, 6) is 0. The molecule has 44 valence electrons. The van der Waals surface area contributed by atoms with Crippen molar-refractivity contribution in [2.45, 2.75) is 19.9 Å². The maximum atomic E-state index is 3.37. The van der Waals surface area contributed by atoms with E-state index in [2.05, 4.69) is 24.2 Å². The van der Waals surface area contributed by atoms with Crippen molar-refractivity contribution in [2.75, 3.05) is 0 Å². The van der Waals surface area contributed by atoms with Gasteiger partial charge in [-0.2, -0.15) is 0 Å². The topological polar surface area (TPSA) is 24.1 Å². The summed E-state index contributed by atoms with van der Waals surface area (Å²) < 4.78 is 0. The Hall–Kier alpha value is 0.0499. The van der Waals surface area contributed by atoms with E-state index in [-0.39, 0.29) is 7.55 Å². The third-order valence-electron chi connectivity index (χ3n) is 0.722. The van der Waals surface area contributed by atoms with Crippen LogP contribution in [0.3, 0.4) is 0 Å². The number of nitrogens with one attached hydrogen (secondary N) is 2. The van der Waals surface area contributed by atoms with Crippen LogP contribution in [-0.4, -0.2) is 21.6 Å². The van der Waals surface area contributed by atoms with Crippen LogP contribution in [0.2, 0.25) is 0 Å². The standard InChI is InChI=1S/C3H14B2N2/c1-3(2)6-5-7-4/h3,6-7H,5H2,1-2,4H3/q-2. The van der Waals surface area contributed by atoms with Gasteiger partial charge in [0.05, 0.1) is 7.55 Å². The van der Waals surface area contributed by atoms with Crippen molar-refractivity contribution < 1.29 is 0 Å². The van der Waals surface area contributed by atoms with Gasteiger partial charge in [-0.25, -0.2) is 0 Å². The summed E-state index contributed by atoms with van der Waals surface area (Å²) in [5, 5.41) is 6.73. The first-order valence-electron chi connectivity index (χ1n) is 2.44. The molecule has 0 heterocycles. The van der Waals surface area contributed by atoms with E-state index in [4.69, 9.17) is 0 Å². The molecule has 0 atom stereocenters. The molecule has 0 aliphatic carbocycles. The molecule has 4 heteroatoms. The molecule has 0 aromatic rings. The highest BCUT2D eigenvalue weighted by Gasteiger charge is 1.77. The van der Waals surface area contributed by atoms with Crippen LogP contribution >= 0.6 is 0 Å². The first-order chi connectivity index (χ1) is 3.27. The molecule has 0 aliphatic rings. The highest BCUT2D eigenvalue weighted by Crippen LogP contribution is 1.68. The molecule has 0 bridgehead atoms. The van der Waals surface area contributed by atoms with Crippen LogP contribution in [0.15, 0.2) is 0 Å². The summed E-state index contributed by atoms with van der Waals surface area (Å²) in [6.07, 6.45) is 0. The average Bonchev–Trinajstić information content (AvgIpc) is 1.61. The van der Waals surface area contributed by atoms with Gasteiger partial charge in [0.1, 0.15) is 0 Å². The molecular formula is C3H14B2N2-2. The van der Waals surface area contributed by atoms with Crippen molar-refractivity contribution in [3.05, 3.63) is 0 Å². The highest BCUT2D eigenvalue weighted by atomic mass is 14.9. The molecule has 0 saturated heterocycles. The Morgan fingerprint density at radius 2 is 2.14 bits per heavy atom. The molecule has 0 aromatic carbocycles. The Bertz CT molecular complexity index is 39.9. The summed E-state index contributed by atoms with van der Waals surface area (Å²) in [5.41, 5.74) is 0. The van der Waals surface area contributed by atoms with Crippen molar-refractivity contribution in [1.82, 2.24) is 10.4 Å². The Balaban J connectivity index is 2.68. The SMILES string of the molecule is [BH3-]N[BH2-]NC(C)C. The minimum Gasteiger partial charge on any atom is -0.668 e. The van der Waals surface area contributed by atoms with Gasteiger partial charge in [-0.05, 0) is 14.0 Å². The highest BCUT2D eigenvalue weighted by molar-refractivity contribution is 6.39. The quantitative estimate of drug-likeness (QED) is 0.395. The second kappa shape index (κ2) is 4.22. The van der Waals surface area contributed by atoms with E-state index in [0.29, 0.717) is 14.0 Å². The zero-order chi connectivity index (χ0) is 5.70. The molecular weight excluding hydrogens is 85.7 g/mol. The molecule has 7 heavy (non-hydrogen) atoms. The van der Waals surface area contributed by atoms with Crippen LogP contribution in [-0.2, 0) is 0 Å². The molecule has 0 unspecified atom stereocenters. The third-order valence-corrected chi connectivity index (χ3v) is 0.722. The molecule has 0 amide bonds. The van der Waals surface area contributed by atoms with Gasteiger partial charge in [0.15, 0.2) is 0 Å². The van der Waals surface area contributed by atoms with Crippen molar-refractivity contribution >= 4 is 15.5 Å². The first kappa shape index (κ1) is 7.05. The maximum Gasteiger partial charge on any atom is 0.0564 e. The van der Waals surface area contributed by atoms with Crippen molar-refractivity contribution in [1.29, 1.82) is 0 Å². The van der Waals surface area contributed by atoms with Gasteiger partial charge in [-0.15, -0.1) is 0 Å². The normalized spacial score (nSPS) is 10.3. The summed E-state index contributed by atoms with van der Waals surface area (Å²) >= 11 is 0. The minimum absolute atomic E-state index is 0.0880. The fourth-order valence-electron chi connectivity index (χ4n) is 0.289. The Labute approximate surface area is 46.8 Å². The van der Waals surface area contributed by atoms with E-state index >= 15 is 0 Å². The Kier molecular flexibility index (Phi) is 4.25. The molecule has 2 N–H and O–H groups in total. The predicted molar refractivity (Wildman–Crippen MR) is 39.9 cm³/mol. The first-order valence-corrected chi connectivity index (χ1v) is 2.44. The van der Waals surface area contributed by atoms with E-state index in [0.717, 1.165) is 0 Å². The van der Waals surface area contributed by atoms with E-state index < -0.39 is 0 Å². The van der Waals surface area contributed by atoms with Gasteiger partial charge in [0.2, 0.25) is 0 Å². The maximum absolute atomic E-state index is 3.37. The van der Waals surface area contributed by atoms with E-state index in [1.165, 1.54) is 0 Å². The van der Waals surface area contributed by atoms with Crippen LogP contribution in [0.4, 0.5) is 0 Å². The Morgan fingerprint density at radius 1 is 1.57 bits per heavy atom. The molecule has 2 nitrogen and oxygen atoms in total. The molecule has 0 fully saturated rings. The van der Waals surface area contributed by atoms with Gasteiger partial charge >= 0.3 is 0 Å². The fraction of sp³-hybridized carbons (Fsp3) is 1.00. The molecule has 0 spiro atoms. The second-order valence-corrected chi connectivity index (χ2v) is 1.69. The van der Waals surface area contributed by atoms with Gasteiger partial charge < -0.3 is 10.4 Å². The lowest BCUT2D eigenvalue weighted by Gasteiger charge is -2.15. The van der Waals surface area contributed by atoms with Crippen LogP contribution in [0.5, 0.6) is 0 Å². The van der Waals surface area contributed by atoms with Crippen molar-refractivity contribution in [2.24, 2.45) is 0 Å². The molecule has 0 aromatic heterocycles. The predicted octanol–water partition coefficient (Wildman–Crippen LogP) is -2.15. The number of hydrogen-bond acceptors (Lipinski definition) is 2. The summed E-state index contributed by atoms with van der Waals surface area (Å²) in [6, 6.07) is 0.686. The lowest BCUT2D eigenvalue weighted by Crippen LogP contribution is -2.36. The smallest absolute Gasteiger partial charge is 0.0564 e. The van der Waals surface area contributed by atoms with Gasteiger partial charge in [0, 0.05) is 0 Å². The van der Waals surface area contributed by atoms with Gasteiger partial charge in [-0.1, -0.05) is 13.8 Å². The number of rotatable bonds is 3. The lowest BCUT2D eigenvalue weighted by atomic mass is 10.1. The monoisotopic (exact) mass is 100 g/mol. The fourth-order valence-corrected chi connectivity index (χ4v) is 0.289. The van der Waals surface area contributed by atoms with Crippen LogP contribution in [0, 0.1) is 0 Å². The summed E-state index contributed by atoms with van der Waals surface area (Å²) in [7, 11) is 0.550. The molecule has 0 saturated carbocycles. The third kappa shape index (κ3) is 6.05. The Morgan fingerprint density at radius 3 is 2.29 bits per heavy atom. The van der Waals surface area contributed by atoms with Gasteiger partial charge in [-0.3, -0.25) is 0 Å². The van der Waals surface area contributed by atoms with Crippen LogP contribution < -0.4 is 10.4 Å². The van der Waals surface area contributed by atoms with E-state index in [9.17, 15) is 0 Å². The average molecular weight is 99.8 g/mol. The summed E-state index contributed by atoms with van der Waals surface area (Å²) in [4.78, 5) is 0. The van der Waals surface area contributed by atoms with Crippen LogP contribution in [0.25, 0.3) is 0 Å². The molecule has 0 aliphatic heterocycles.